The van der Waals surface area contributed by atoms with E-state index in [1.54, 1.807) is 19.0 Å². The molecule has 2 amide bonds. The van der Waals surface area contributed by atoms with E-state index in [2.05, 4.69) is 0 Å². The highest BCUT2D eigenvalue weighted by molar-refractivity contribution is 8.69. The molecule has 0 aromatic rings. The van der Waals surface area contributed by atoms with E-state index in [1.807, 2.05) is 13.8 Å². The molecule has 0 saturated heterocycles. The predicted molar refractivity (Wildman–Crippen MR) is 111 cm³/mol. The summed E-state index contributed by atoms with van der Waals surface area (Å²) in [6.07, 6.45) is 0.306. The van der Waals surface area contributed by atoms with Gasteiger partial charge >= 0.3 is 9.15 Å². The third-order valence-electron chi connectivity index (χ3n) is 3.87. The largest absolute Gasteiger partial charge is 0.379 e. The quantitative estimate of drug-likeness (QED) is 0.144. The first kappa shape index (κ1) is 28.1. The van der Waals surface area contributed by atoms with Gasteiger partial charge in [-0.2, -0.15) is 8.42 Å². The van der Waals surface area contributed by atoms with Crippen molar-refractivity contribution in [3.8, 4) is 0 Å². The average Bonchev–Trinajstić information content (AvgIpc) is 2.65. The molecule has 0 aromatic carbocycles. The van der Waals surface area contributed by atoms with E-state index in [0.29, 0.717) is 56.7 Å². The van der Waals surface area contributed by atoms with Crippen LogP contribution in [0.5, 0.6) is 0 Å². The molecule has 0 bridgehead atoms. The van der Waals surface area contributed by atoms with Crippen LogP contribution < -0.4 is 0 Å². The molecule has 0 aromatic heterocycles. The van der Waals surface area contributed by atoms with Crippen molar-refractivity contribution in [3.05, 3.63) is 0 Å². The topological polar surface area (TPSA) is 123 Å². The van der Waals surface area contributed by atoms with Crippen molar-refractivity contribution in [2.24, 2.45) is 5.92 Å². The number of carbonyl (C=O) groups excluding carboxylic acids is 2. The fourth-order valence-electron chi connectivity index (χ4n) is 2.36. The second-order valence-corrected chi connectivity index (χ2v) is 9.64. The normalized spacial score (nSPS) is 12.6. The third kappa shape index (κ3) is 13.8. The van der Waals surface area contributed by atoms with Gasteiger partial charge < -0.3 is 24.0 Å². The number of carbonyl (C=O) groups is 2. The Kier molecular flexibility index (Phi) is 15.4. The molecule has 172 valence electrons. The van der Waals surface area contributed by atoms with E-state index >= 15 is 0 Å². The number of hydrogen-bond acceptors (Lipinski definition) is 8. The fourth-order valence-corrected chi connectivity index (χ4v) is 3.59. The molecule has 1 N–H and O–H groups in total. The Hall–Kier alpha value is -0.920. The van der Waals surface area contributed by atoms with E-state index < -0.39 is 15.1 Å². The molecule has 0 fully saturated rings. The van der Waals surface area contributed by atoms with Gasteiger partial charge in [0, 0.05) is 39.5 Å². The maximum atomic E-state index is 12.6. The molecule has 0 heterocycles. The summed E-state index contributed by atoms with van der Waals surface area (Å²) in [5.41, 5.74) is 0. The van der Waals surface area contributed by atoms with Crippen molar-refractivity contribution in [2.45, 2.75) is 20.3 Å². The molecule has 0 rings (SSSR count). The Morgan fingerprint density at radius 3 is 1.83 bits per heavy atom. The molecule has 29 heavy (non-hydrogen) atoms. The number of hydrogen-bond donors (Lipinski definition) is 1. The first-order chi connectivity index (χ1) is 13.6. The highest BCUT2D eigenvalue weighted by Crippen LogP contribution is 2.12. The monoisotopic (exact) mass is 458 g/mol. The molecular weight excluding hydrogens is 424 g/mol. The molecule has 1 unspecified atom stereocenters. The molecule has 0 saturated carbocycles. The minimum absolute atomic E-state index is 0.140. The highest BCUT2D eigenvalue weighted by atomic mass is 33.1. The smallest absolute Gasteiger partial charge is 0.319 e. The Labute approximate surface area is 177 Å². The van der Waals surface area contributed by atoms with Crippen molar-refractivity contribution in [2.75, 3.05) is 72.6 Å². The third-order valence-corrected chi connectivity index (χ3v) is 5.89. The van der Waals surface area contributed by atoms with Gasteiger partial charge in [-0.3, -0.25) is 14.1 Å². The lowest BCUT2D eigenvalue weighted by molar-refractivity contribution is -0.146. The Bertz CT molecular complexity index is 568. The standard InChI is InChI=1S/C17H34N2O8S2/c1-5-19(6-2)17(21)15(16(20)18(3)4)7-8-25-9-10-26-11-12-27-13-14-28-29(22,23)24/h15H,5-14H2,1-4H3,(H,22,23,24). The van der Waals surface area contributed by atoms with E-state index in [4.69, 9.17) is 18.8 Å². The van der Waals surface area contributed by atoms with Crippen molar-refractivity contribution in [1.29, 1.82) is 0 Å². The molecule has 1 atom stereocenters. The minimum atomic E-state index is -4.02. The van der Waals surface area contributed by atoms with Gasteiger partial charge in [0.25, 0.3) is 0 Å². The van der Waals surface area contributed by atoms with Crippen LogP contribution in [0, 0.1) is 5.92 Å². The van der Waals surface area contributed by atoms with E-state index in [-0.39, 0.29) is 30.8 Å². The highest BCUT2D eigenvalue weighted by Gasteiger charge is 2.30. The molecule has 0 radical (unpaired) electrons. The van der Waals surface area contributed by atoms with Crippen LogP contribution in [0.15, 0.2) is 0 Å². The van der Waals surface area contributed by atoms with Crippen molar-refractivity contribution in [1.82, 2.24) is 9.80 Å². The molecule has 0 spiro atoms. The van der Waals surface area contributed by atoms with Crippen LogP contribution in [-0.2, 0) is 32.9 Å². The van der Waals surface area contributed by atoms with Crippen LogP contribution in [0.4, 0.5) is 0 Å². The lowest BCUT2D eigenvalue weighted by atomic mass is 10.0. The van der Waals surface area contributed by atoms with Gasteiger partial charge in [0.2, 0.25) is 11.8 Å². The summed E-state index contributed by atoms with van der Waals surface area (Å²) >= 11 is 0. The number of amides is 2. The number of rotatable bonds is 17. The van der Waals surface area contributed by atoms with Gasteiger partial charge in [0.15, 0.2) is 0 Å². The second-order valence-electron chi connectivity index (χ2n) is 6.17. The van der Waals surface area contributed by atoms with Gasteiger partial charge in [-0.15, -0.1) is 0 Å². The van der Waals surface area contributed by atoms with Crippen LogP contribution >= 0.6 is 10.8 Å². The molecule has 10 nitrogen and oxygen atoms in total. The summed E-state index contributed by atoms with van der Waals surface area (Å²) in [7, 11) is -0.356. The average molecular weight is 459 g/mol. The van der Waals surface area contributed by atoms with Gasteiger partial charge in [0.05, 0.1) is 33.0 Å². The van der Waals surface area contributed by atoms with Crippen LogP contribution in [0.1, 0.15) is 20.3 Å². The zero-order chi connectivity index (χ0) is 22.3. The van der Waals surface area contributed by atoms with Gasteiger partial charge in [-0.1, -0.05) is 0 Å². The van der Waals surface area contributed by atoms with Crippen molar-refractivity contribution in [3.63, 3.8) is 0 Å². The van der Waals surface area contributed by atoms with E-state index in [0.717, 1.165) is 0 Å². The van der Waals surface area contributed by atoms with Gasteiger partial charge in [0.1, 0.15) is 5.92 Å². The predicted octanol–water partition coefficient (Wildman–Crippen LogP) is 0.535. The van der Waals surface area contributed by atoms with E-state index in [1.165, 1.54) is 4.90 Å². The van der Waals surface area contributed by atoms with Crippen LogP contribution in [0.25, 0.3) is 0 Å². The lowest BCUT2D eigenvalue weighted by Crippen LogP contribution is -2.43. The molecule has 0 aliphatic heterocycles. The number of ether oxygens (including phenoxy) is 3. The van der Waals surface area contributed by atoms with Gasteiger partial charge in [-0.05, 0) is 31.1 Å². The molecule has 12 heteroatoms. The number of nitrogens with zero attached hydrogens (tertiary/aromatic N) is 2. The van der Waals surface area contributed by atoms with Gasteiger partial charge in [-0.25, -0.2) is 0 Å². The van der Waals surface area contributed by atoms with Crippen molar-refractivity contribution < 1.29 is 36.8 Å². The summed E-state index contributed by atoms with van der Waals surface area (Å²) in [5.74, 6) is -1.02. The summed E-state index contributed by atoms with van der Waals surface area (Å²) in [6.45, 7) is 6.59. The summed E-state index contributed by atoms with van der Waals surface area (Å²) < 4.78 is 45.5. The summed E-state index contributed by atoms with van der Waals surface area (Å²) in [6, 6.07) is 0. The maximum absolute atomic E-state index is 12.6. The first-order valence-electron chi connectivity index (χ1n) is 9.49. The Morgan fingerprint density at radius 1 is 0.897 bits per heavy atom. The second kappa shape index (κ2) is 15.9. The zero-order valence-corrected chi connectivity index (χ0v) is 19.3. The SMILES string of the molecule is CCN(CC)C(=O)C(CCOCCOCCOCCSS(=O)(=O)O)C(=O)N(C)C. The lowest BCUT2D eigenvalue weighted by Gasteiger charge is -2.26. The Morgan fingerprint density at radius 2 is 1.38 bits per heavy atom. The van der Waals surface area contributed by atoms with Crippen LogP contribution in [0.2, 0.25) is 0 Å². The van der Waals surface area contributed by atoms with E-state index in [9.17, 15) is 18.0 Å². The summed E-state index contributed by atoms with van der Waals surface area (Å²) in [4.78, 5) is 27.9. The molecule has 0 aliphatic carbocycles. The summed E-state index contributed by atoms with van der Waals surface area (Å²) in [5, 5.41) is 0. The fraction of sp³-hybridized carbons (Fsp3) is 0.882. The van der Waals surface area contributed by atoms with Crippen molar-refractivity contribution >= 4 is 31.8 Å². The molecular formula is C17H34N2O8S2. The Balaban J connectivity index is 3.96. The van der Waals surface area contributed by atoms with Crippen LogP contribution in [-0.4, -0.2) is 107 Å². The molecule has 0 aliphatic rings. The first-order valence-corrected chi connectivity index (χ1v) is 12.4. The zero-order valence-electron chi connectivity index (χ0n) is 17.7. The maximum Gasteiger partial charge on any atom is 0.319 e. The van der Waals surface area contributed by atoms with Crippen LogP contribution in [0.3, 0.4) is 0 Å². The minimum Gasteiger partial charge on any atom is -0.379 e.